The molecule has 3 rings (SSSR count). The minimum Gasteiger partial charge on any atom is -0.497 e. The Morgan fingerprint density at radius 3 is 3.04 bits per heavy atom. The van der Waals surface area contributed by atoms with Crippen LogP contribution in [0.25, 0.3) is 0 Å². The molecule has 2 aromatic heterocycles. The summed E-state index contributed by atoms with van der Waals surface area (Å²) in [5.74, 6) is 1.15. The quantitative estimate of drug-likeness (QED) is 0.701. The Bertz CT molecular complexity index is 882. The van der Waals surface area contributed by atoms with E-state index < -0.39 is 0 Å². The average molecular weight is 338 g/mol. The second kappa shape index (κ2) is 7.48. The molecule has 1 aromatic carbocycles. The molecule has 0 bridgehead atoms. The second-order valence-electron chi connectivity index (χ2n) is 5.30. The normalized spacial score (nSPS) is 11.0. The molecule has 0 saturated heterocycles. The molecule has 0 fully saturated rings. The van der Waals surface area contributed by atoms with E-state index in [9.17, 15) is 4.79 Å². The number of nitrogens with one attached hydrogen (secondary N) is 1. The number of aryl methyl sites for hydroxylation is 1. The molecule has 1 N–H and O–H groups in total. The molecule has 7 heteroatoms. The Hall–Kier alpha value is -3.35. The lowest BCUT2D eigenvalue weighted by molar-refractivity contribution is 0.0939. The van der Waals surface area contributed by atoms with Gasteiger partial charge in [0, 0.05) is 13.3 Å². The van der Waals surface area contributed by atoms with Crippen molar-refractivity contribution in [3.63, 3.8) is 0 Å². The van der Waals surface area contributed by atoms with Crippen molar-refractivity contribution in [2.45, 2.75) is 6.54 Å². The molecule has 0 atom stereocenters. The number of hydrogen-bond acceptors (Lipinski definition) is 5. The summed E-state index contributed by atoms with van der Waals surface area (Å²) in [7, 11) is 3.31. The van der Waals surface area contributed by atoms with Gasteiger partial charge in [-0.25, -0.2) is 0 Å². The lowest BCUT2D eigenvalue weighted by atomic mass is 10.2. The first kappa shape index (κ1) is 16.5. The van der Waals surface area contributed by atoms with Crippen molar-refractivity contribution in [3.05, 3.63) is 65.9 Å². The standard InChI is InChI=1S/C18H18N4O3/c1-22-17(18(23)20-11-15-7-4-8-25-15)16(12-21-22)19-10-13-5-3-6-14(9-13)24-2/h3-10,12H,11H2,1-2H3,(H,20,23). The van der Waals surface area contributed by atoms with Crippen LogP contribution in [0.15, 0.2) is 58.3 Å². The number of benzene rings is 1. The van der Waals surface area contributed by atoms with Gasteiger partial charge in [-0.3, -0.25) is 14.5 Å². The molecule has 0 aliphatic heterocycles. The van der Waals surface area contributed by atoms with Gasteiger partial charge >= 0.3 is 0 Å². The van der Waals surface area contributed by atoms with E-state index in [1.165, 1.54) is 4.68 Å². The highest BCUT2D eigenvalue weighted by atomic mass is 16.5. The van der Waals surface area contributed by atoms with Crippen molar-refractivity contribution in [1.82, 2.24) is 15.1 Å². The van der Waals surface area contributed by atoms with E-state index in [0.29, 0.717) is 23.7 Å². The van der Waals surface area contributed by atoms with E-state index in [1.54, 1.807) is 45.0 Å². The predicted molar refractivity (Wildman–Crippen MR) is 93.3 cm³/mol. The zero-order chi connectivity index (χ0) is 17.6. The second-order valence-corrected chi connectivity index (χ2v) is 5.30. The van der Waals surface area contributed by atoms with Crippen molar-refractivity contribution in [2.75, 3.05) is 7.11 Å². The van der Waals surface area contributed by atoms with E-state index in [0.717, 1.165) is 11.3 Å². The van der Waals surface area contributed by atoms with E-state index in [2.05, 4.69) is 15.4 Å². The summed E-state index contributed by atoms with van der Waals surface area (Å²) in [6.07, 6.45) is 4.79. The number of carbonyl (C=O) groups is 1. The maximum atomic E-state index is 12.4. The van der Waals surface area contributed by atoms with Crippen LogP contribution in [-0.4, -0.2) is 29.0 Å². The topological polar surface area (TPSA) is 81.7 Å². The summed E-state index contributed by atoms with van der Waals surface area (Å²) in [5.41, 5.74) is 1.73. The van der Waals surface area contributed by atoms with Gasteiger partial charge in [-0.05, 0) is 29.8 Å². The number of hydrogen-bond donors (Lipinski definition) is 1. The molecule has 0 unspecified atom stereocenters. The molecule has 0 spiro atoms. The number of carbonyl (C=O) groups excluding carboxylic acids is 1. The van der Waals surface area contributed by atoms with Crippen LogP contribution in [0.5, 0.6) is 5.75 Å². The highest BCUT2D eigenvalue weighted by Crippen LogP contribution is 2.19. The number of ether oxygens (including phenoxy) is 1. The van der Waals surface area contributed by atoms with Gasteiger partial charge in [0.05, 0.1) is 26.1 Å². The molecule has 3 aromatic rings. The summed E-state index contributed by atoms with van der Waals surface area (Å²) in [6, 6.07) is 11.1. The lowest BCUT2D eigenvalue weighted by Crippen LogP contribution is -2.25. The number of aliphatic imine (C=N–C) groups is 1. The number of amides is 1. The Balaban J connectivity index is 1.76. The van der Waals surface area contributed by atoms with Gasteiger partial charge in [-0.1, -0.05) is 12.1 Å². The first-order valence-electron chi connectivity index (χ1n) is 7.68. The largest absolute Gasteiger partial charge is 0.497 e. The minimum absolute atomic E-state index is 0.269. The fourth-order valence-corrected chi connectivity index (χ4v) is 2.31. The van der Waals surface area contributed by atoms with Crippen LogP contribution >= 0.6 is 0 Å². The van der Waals surface area contributed by atoms with Crippen molar-refractivity contribution in [1.29, 1.82) is 0 Å². The number of nitrogens with zero attached hydrogens (tertiary/aromatic N) is 3. The number of rotatable bonds is 6. The van der Waals surface area contributed by atoms with Crippen LogP contribution in [-0.2, 0) is 13.6 Å². The first-order chi connectivity index (χ1) is 12.2. The summed E-state index contributed by atoms with van der Waals surface area (Å²) in [4.78, 5) is 16.8. The molecule has 1 amide bonds. The Kier molecular flexibility index (Phi) is 4.94. The van der Waals surface area contributed by atoms with Crippen molar-refractivity contribution in [3.8, 4) is 5.75 Å². The smallest absolute Gasteiger partial charge is 0.272 e. The van der Waals surface area contributed by atoms with Crippen LogP contribution in [0.4, 0.5) is 5.69 Å². The molecule has 0 aliphatic carbocycles. The van der Waals surface area contributed by atoms with Gasteiger partial charge in [-0.15, -0.1) is 0 Å². The van der Waals surface area contributed by atoms with Crippen LogP contribution in [0, 0.1) is 0 Å². The molecule has 128 valence electrons. The Morgan fingerprint density at radius 1 is 1.40 bits per heavy atom. The summed E-state index contributed by atoms with van der Waals surface area (Å²) < 4.78 is 11.9. The molecular formula is C18H18N4O3. The molecule has 0 saturated carbocycles. The maximum Gasteiger partial charge on any atom is 0.272 e. The zero-order valence-corrected chi connectivity index (χ0v) is 14.0. The van der Waals surface area contributed by atoms with Crippen LogP contribution in [0.3, 0.4) is 0 Å². The molecule has 0 radical (unpaired) electrons. The first-order valence-corrected chi connectivity index (χ1v) is 7.68. The highest BCUT2D eigenvalue weighted by Gasteiger charge is 2.16. The minimum atomic E-state index is -0.269. The highest BCUT2D eigenvalue weighted by molar-refractivity contribution is 5.98. The predicted octanol–water partition coefficient (Wildman–Crippen LogP) is 2.70. The van der Waals surface area contributed by atoms with E-state index >= 15 is 0 Å². The van der Waals surface area contributed by atoms with Crippen LogP contribution < -0.4 is 10.1 Å². The number of furan rings is 1. The fourth-order valence-electron chi connectivity index (χ4n) is 2.31. The molecule has 0 aliphatic rings. The van der Waals surface area contributed by atoms with Gasteiger partial charge in [-0.2, -0.15) is 5.10 Å². The third-order valence-corrected chi connectivity index (χ3v) is 3.58. The SMILES string of the molecule is COc1cccc(C=Nc2cnn(C)c2C(=O)NCc2ccco2)c1. The Morgan fingerprint density at radius 2 is 2.28 bits per heavy atom. The number of aromatic nitrogens is 2. The van der Waals surface area contributed by atoms with Gasteiger partial charge in [0.2, 0.25) is 0 Å². The number of methoxy groups -OCH3 is 1. The van der Waals surface area contributed by atoms with E-state index in [1.807, 2.05) is 24.3 Å². The van der Waals surface area contributed by atoms with Gasteiger partial charge in [0.15, 0.2) is 5.69 Å². The molecule has 2 heterocycles. The van der Waals surface area contributed by atoms with Crippen molar-refractivity contribution < 1.29 is 13.9 Å². The Labute approximate surface area is 144 Å². The third-order valence-electron chi connectivity index (χ3n) is 3.58. The zero-order valence-electron chi connectivity index (χ0n) is 14.0. The summed E-state index contributed by atoms with van der Waals surface area (Å²) >= 11 is 0. The monoisotopic (exact) mass is 338 g/mol. The van der Waals surface area contributed by atoms with Crippen LogP contribution in [0.2, 0.25) is 0 Å². The van der Waals surface area contributed by atoms with E-state index in [4.69, 9.17) is 9.15 Å². The van der Waals surface area contributed by atoms with Crippen LogP contribution in [0.1, 0.15) is 21.8 Å². The summed E-state index contributed by atoms with van der Waals surface area (Å²) in [5, 5.41) is 6.92. The van der Waals surface area contributed by atoms with E-state index in [-0.39, 0.29) is 5.91 Å². The van der Waals surface area contributed by atoms with Gasteiger partial charge < -0.3 is 14.5 Å². The lowest BCUT2D eigenvalue weighted by Gasteiger charge is -2.05. The molecule has 7 nitrogen and oxygen atoms in total. The third kappa shape index (κ3) is 3.95. The van der Waals surface area contributed by atoms with Gasteiger partial charge in [0.25, 0.3) is 5.91 Å². The fraction of sp³-hybridized carbons (Fsp3) is 0.167. The van der Waals surface area contributed by atoms with Crippen molar-refractivity contribution >= 4 is 17.8 Å². The van der Waals surface area contributed by atoms with Crippen molar-refractivity contribution in [2.24, 2.45) is 12.0 Å². The molecule has 25 heavy (non-hydrogen) atoms. The average Bonchev–Trinajstić information content (AvgIpc) is 3.27. The summed E-state index contributed by atoms with van der Waals surface area (Å²) in [6.45, 7) is 0.302. The maximum absolute atomic E-state index is 12.4. The molecular weight excluding hydrogens is 320 g/mol. The van der Waals surface area contributed by atoms with Gasteiger partial charge in [0.1, 0.15) is 17.2 Å².